The van der Waals surface area contributed by atoms with Gasteiger partial charge in [-0.05, 0) is 34.6 Å². The molecule has 106 valence electrons. The molecular formula is C13H21N3O3. The van der Waals surface area contributed by atoms with Crippen LogP contribution in [0.2, 0.25) is 0 Å². The van der Waals surface area contributed by atoms with E-state index in [1.807, 2.05) is 0 Å². The topological polar surface area (TPSA) is 75.4 Å². The fourth-order valence-corrected chi connectivity index (χ4v) is 2.13. The van der Waals surface area contributed by atoms with Crippen LogP contribution in [0, 0.1) is 13.8 Å². The summed E-state index contributed by atoms with van der Waals surface area (Å²) in [5.41, 5.74) is 0.589. The highest BCUT2D eigenvalue weighted by Crippen LogP contribution is 2.21. The largest absolute Gasteiger partial charge is 0.480 e. The summed E-state index contributed by atoms with van der Waals surface area (Å²) in [7, 11) is 1.76. The number of carboxylic acid groups (broad SMARTS) is 1. The second kappa shape index (κ2) is 5.03. The molecule has 0 radical (unpaired) electrons. The highest BCUT2D eigenvalue weighted by Gasteiger charge is 2.38. The van der Waals surface area contributed by atoms with Gasteiger partial charge >= 0.3 is 5.97 Å². The second-order valence-electron chi connectivity index (χ2n) is 5.08. The molecule has 6 nitrogen and oxygen atoms in total. The molecule has 0 saturated heterocycles. The first-order valence-corrected chi connectivity index (χ1v) is 6.20. The molecule has 0 aliphatic rings. The fraction of sp³-hybridized carbons (Fsp3) is 0.615. The molecule has 0 saturated carbocycles. The number of amides is 1. The molecular weight excluding hydrogens is 246 g/mol. The van der Waals surface area contributed by atoms with Crippen LogP contribution in [-0.4, -0.2) is 43.7 Å². The van der Waals surface area contributed by atoms with Crippen molar-refractivity contribution in [2.24, 2.45) is 7.05 Å². The molecule has 1 heterocycles. The SMILES string of the molecule is CCN(C(=O)c1c(C)nn(C)c1C)C(C)(C)C(=O)O. The first kappa shape index (κ1) is 15.2. The Kier molecular flexibility index (Phi) is 4.03. The molecule has 1 N–H and O–H groups in total. The molecule has 6 heteroatoms. The minimum absolute atomic E-state index is 0.294. The lowest BCUT2D eigenvalue weighted by Gasteiger charge is -2.34. The summed E-state index contributed by atoms with van der Waals surface area (Å²) in [6, 6.07) is 0. The first-order chi connectivity index (χ1) is 8.64. The summed E-state index contributed by atoms with van der Waals surface area (Å²) in [6.45, 7) is 8.70. The summed E-state index contributed by atoms with van der Waals surface area (Å²) >= 11 is 0. The van der Waals surface area contributed by atoms with Crippen LogP contribution in [0.5, 0.6) is 0 Å². The van der Waals surface area contributed by atoms with Gasteiger partial charge in [-0.2, -0.15) is 5.10 Å². The Bertz CT molecular complexity index is 517. The third kappa shape index (κ3) is 2.47. The molecule has 1 aromatic rings. The standard InChI is InChI=1S/C13H21N3O3/c1-7-16(13(4,5)12(18)19)11(17)10-8(2)14-15(6)9(10)3/h7H2,1-6H3,(H,18,19). The van der Waals surface area contributed by atoms with Gasteiger partial charge in [-0.3, -0.25) is 9.48 Å². The third-order valence-electron chi connectivity index (χ3n) is 3.48. The number of carboxylic acids is 1. The predicted octanol–water partition coefficient (Wildman–Crippen LogP) is 1.36. The van der Waals surface area contributed by atoms with Gasteiger partial charge in [-0.1, -0.05) is 0 Å². The first-order valence-electron chi connectivity index (χ1n) is 6.20. The molecule has 0 spiro atoms. The third-order valence-corrected chi connectivity index (χ3v) is 3.48. The van der Waals surface area contributed by atoms with E-state index in [9.17, 15) is 14.7 Å². The van der Waals surface area contributed by atoms with Crippen LogP contribution in [0.4, 0.5) is 0 Å². The molecule has 19 heavy (non-hydrogen) atoms. The minimum Gasteiger partial charge on any atom is -0.480 e. The summed E-state index contributed by atoms with van der Waals surface area (Å²) in [5, 5.41) is 13.5. The van der Waals surface area contributed by atoms with Crippen LogP contribution in [0.1, 0.15) is 42.5 Å². The average molecular weight is 267 g/mol. The molecule has 1 aromatic heterocycles. The van der Waals surface area contributed by atoms with E-state index in [1.165, 1.54) is 18.7 Å². The smallest absolute Gasteiger partial charge is 0.329 e. The highest BCUT2D eigenvalue weighted by atomic mass is 16.4. The molecule has 1 amide bonds. The van der Waals surface area contributed by atoms with E-state index in [-0.39, 0.29) is 5.91 Å². The van der Waals surface area contributed by atoms with Gasteiger partial charge in [0.05, 0.1) is 11.3 Å². The van der Waals surface area contributed by atoms with Crippen molar-refractivity contribution in [2.45, 2.75) is 40.2 Å². The Morgan fingerprint density at radius 1 is 1.37 bits per heavy atom. The lowest BCUT2D eigenvalue weighted by molar-refractivity contribution is -0.147. The normalized spacial score (nSPS) is 11.5. The van der Waals surface area contributed by atoms with Crippen molar-refractivity contribution in [2.75, 3.05) is 6.54 Å². The number of rotatable bonds is 4. The highest BCUT2D eigenvalue weighted by molar-refractivity contribution is 5.99. The molecule has 0 aliphatic carbocycles. The maximum absolute atomic E-state index is 12.6. The molecule has 1 rings (SSSR count). The van der Waals surface area contributed by atoms with Crippen molar-refractivity contribution in [3.63, 3.8) is 0 Å². The Morgan fingerprint density at radius 3 is 2.21 bits per heavy atom. The zero-order valence-corrected chi connectivity index (χ0v) is 12.3. The van der Waals surface area contributed by atoms with Crippen LogP contribution < -0.4 is 0 Å². The number of hydrogen-bond acceptors (Lipinski definition) is 3. The van der Waals surface area contributed by atoms with Gasteiger partial charge in [0.2, 0.25) is 0 Å². The van der Waals surface area contributed by atoms with Gasteiger partial charge in [0.1, 0.15) is 5.54 Å². The monoisotopic (exact) mass is 267 g/mol. The van der Waals surface area contributed by atoms with E-state index in [4.69, 9.17) is 0 Å². The number of likely N-dealkylation sites (N-methyl/N-ethyl adjacent to an activating group) is 1. The van der Waals surface area contributed by atoms with Gasteiger partial charge in [-0.25, -0.2) is 4.79 Å². The van der Waals surface area contributed by atoms with E-state index < -0.39 is 11.5 Å². The zero-order chi connectivity index (χ0) is 15.0. The maximum atomic E-state index is 12.6. The van der Waals surface area contributed by atoms with Crippen molar-refractivity contribution in [1.82, 2.24) is 14.7 Å². The Balaban J connectivity index is 3.27. The van der Waals surface area contributed by atoms with Crippen molar-refractivity contribution in [1.29, 1.82) is 0 Å². The average Bonchev–Trinajstić information content (AvgIpc) is 2.53. The number of hydrogen-bond donors (Lipinski definition) is 1. The molecule has 0 bridgehead atoms. The Hall–Kier alpha value is -1.85. The maximum Gasteiger partial charge on any atom is 0.329 e. The molecule has 0 aliphatic heterocycles. The van der Waals surface area contributed by atoms with E-state index in [0.717, 1.165) is 5.69 Å². The van der Waals surface area contributed by atoms with Crippen LogP contribution in [0.15, 0.2) is 0 Å². The van der Waals surface area contributed by atoms with E-state index >= 15 is 0 Å². The number of carbonyl (C=O) groups excluding carboxylic acids is 1. The van der Waals surface area contributed by atoms with E-state index in [1.54, 1.807) is 32.5 Å². The summed E-state index contributed by atoms with van der Waals surface area (Å²) in [6.07, 6.45) is 0. The number of nitrogens with zero attached hydrogens (tertiary/aromatic N) is 3. The Labute approximate surface area is 113 Å². The number of aryl methyl sites for hydroxylation is 2. The predicted molar refractivity (Wildman–Crippen MR) is 71.1 cm³/mol. The molecule has 0 unspecified atom stereocenters. The molecule has 0 fully saturated rings. The van der Waals surface area contributed by atoms with Gasteiger partial charge in [-0.15, -0.1) is 0 Å². The summed E-state index contributed by atoms with van der Waals surface area (Å²) in [5.74, 6) is -1.32. The van der Waals surface area contributed by atoms with E-state index in [0.29, 0.717) is 17.8 Å². The van der Waals surface area contributed by atoms with Crippen LogP contribution in [-0.2, 0) is 11.8 Å². The summed E-state index contributed by atoms with van der Waals surface area (Å²) < 4.78 is 1.63. The van der Waals surface area contributed by atoms with Gasteiger partial charge in [0.15, 0.2) is 0 Å². The minimum atomic E-state index is -1.25. The van der Waals surface area contributed by atoms with Crippen molar-refractivity contribution < 1.29 is 14.7 Å². The fourth-order valence-electron chi connectivity index (χ4n) is 2.13. The van der Waals surface area contributed by atoms with Crippen LogP contribution in [0.25, 0.3) is 0 Å². The van der Waals surface area contributed by atoms with Gasteiger partial charge < -0.3 is 10.0 Å². The molecule has 0 aromatic carbocycles. The number of aliphatic carboxylic acids is 1. The van der Waals surface area contributed by atoms with Crippen molar-refractivity contribution in [3.05, 3.63) is 17.0 Å². The summed E-state index contributed by atoms with van der Waals surface area (Å²) in [4.78, 5) is 25.3. The van der Waals surface area contributed by atoms with Gasteiger partial charge in [0, 0.05) is 19.3 Å². The second-order valence-corrected chi connectivity index (χ2v) is 5.08. The van der Waals surface area contributed by atoms with E-state index in [2.05, 4.69) is 5.10 Å². The van der Waals surface area contributed by atoms with Crippen molar-refractivity contribution >= 4 is 11.9 Å². The van der Waals surface area contributed by atoms with Crippen LogP contribution in [0.3, 0.4) is 0 Å². The quantitative estimate of drug-likeness (QED) is 0.893. The molecule has 0 atom stereocenters. The van der Waals surface area contributed by atoms with Crippen LogP contribution >= 0.6 is 0 Å². The van der Waals surface area contributed by atoms with Crippen molar-refractivity contribution in [3.8, 4) is 0 Å². The number of carbonyl (C=O) groups is 2. The Morgan fingerprint density at radius 2 is 1.89 bits per heavy atom. The lowest BCUT2D eigenvalue weighted by Crippen LogP contribution is -2.53. The lowest BCUT2D eigenvalue weighted by atomic mass is 10.0. The number of aromatic nitrogens is 2. The van der Waals surface area contributed by atoms with Gasteiger partial charge in [0.25, 0.3) is 5.91 Å². The zero-order valence-electron chi connectivity index (χ0n) is 12.3.